The molecule has 1 aliphatic rings. The third-order valence-corrected chi connectivity index (χ3v) is 5.50. The van der Waals surface area contributed by atoms with Gasteiger partial charge in [-0.1, -0.05) is 18.2 Å². The molecule has 1 aliphatic heterocycles. The molecule has 0 radical (unpaired) electrons. The minimum Gasteiger partial charge on any atom is -0.324 e. The van der Waals surface area contributed by atoms with Crippen molar-refractivity contribution < 1.29 is 4.79 Å². The van der Waals surface area contributed by atoms with Crippen molar-refractivity contribution in [1.29, 1.82) is 0 Å². The Bertz CT molecular complexity index is 917. The summed E-state index contributed by atoms with van der Waals surface area (Å²) in [7, 11) is 0. The highest BCUT2D eigenvalue weighted by molar-refractivity contribution is 9.10. The van der Waals surface area contributed by atoms with Crippen LogP contribution < -0.4 is 5.32 Å². The minimum absolute atomic E-state index is 0.0169. The Morgan fingerprint density at radius 1 is 1.12 bits per heavy atom. The van der Waals surface area contributed by atoms with Crippen LogP contribution in [-0.2, 0) is 4.79 Å². The first-order chi connectivity index (χ1) is 12.7. The Balaban J connectivity index is 1.34. The summed E-state index contributed by atoms with van der Waals surface area (Å²) in [6.07, 6.45) is 3.98. The van der Waals surface area contributed by atoms with Crippen molar-refractivity contribution in [3.63, 3.8) is 0 Å². The average Bonchev–Trinajstić information content (AvgIpc) is 3.08. The number of halogens is 1. The molecule has 1 saturated heterocycles. The van der Waals surface area contributed by atoms with Gasteiger partial charge in [0.05, 0.1) is 12.2 Å². The molecule has 6 nitrogen and oxygen atoms in total. The quantitative estimate of drug-likeness (QED) is 0.712. The smallest absolute Gasteiger partial charge is 0.238 e. The van der Waals surface area contributed by atoms with Crippen LogP contribution in [0.5, 0.6) is 0 Å². The Kier molecular flexibility index (Phi) is 4.99. The lowest BCUT2D eigenvalue weighted by atomic mass is 9.96. The Labute approximate surface area is 160 Å². The molecule has 1 N–H and O–H groups in total. The van der Waals surface area contributed by atoms with Gasteiger partial charge in [-0.05, 0) is 66.1 Å². The van der Waals surface area contributed by atoms with Crippen LogP contribution in [0.3, 0.4) is 0 Å². The van der Waals surface area contributed by atoms with Gasteiger partial charge in [-0.15, -0.1) is 10.2 Å². The molecule has 4 rings (SSSR count). The van der Waals surface area contributed by atoms with Gasteiger partial charge in [0.15, 0.2) is 5.65 Å². The second-order valence-corrected chi connectivity index (χ2v) is 7.42. The molecule has 0 bridgehead atoms. The van der Waals surface area contributed by atoms with E-state index in [0.29, 0.717) is 12.5 Å². The first-order valence-corrected chi connectivity index (χ1v) is 9.56. The monoisotopic (exact) mass is 413 g/mol. The number of nitrogens with zero attached hydrogens (tertiary/aromatic N) is 4. The molecule has 0 aliphatic carbocycles. The van der Waals surface area contributed by atoms with Gasteiger partial charge < -0.3 is 5.32 Å². The summed E-state index contributed by atoms with van der Waals surface area (Å²) in [4.78, 5) is 14.5. The fourth-order valence-corrected chi connectivity index (χ4v) is 3.83. The molecule has 134 valence electrons. The highest BCUT2D eigenvalue weighted by atomic mass is 79.9. The van der Waals surface area contributed by atoms with Crippen molar-refractivity contribution in [2.45, 2.75) is 18.8 Å². The number of benzene rings is 1. The predicted molar refractivity (Wildman–Crippen MR) is 104 cm³/mol. The Morgan fingerprint density at radius 2 is 1.88 bits per heavy atom. The van der Waals surface area contributed by atoms with Gasteiger partial charge in [0, 0.05) is 16.6 Å². The van der Waals surface area contributed by atoms with Gasteiger partial charge in [0.25, 0.3) is 0 Å². The number of hydrogen-bond donors (Lipinski definition) is 1. The van der Waals surface area contributed by atoms with Gasteiger partial charge in [-0.2, -0.15) is 0 Å². The molecule has 0 spiro atoms. The van der Waals surface area contributed by atoms with E-state index in [2.05, 4.69) is 40.7 Å². The summed E-state index contributed by atoms with van der Waals surface area (Å²) in [6.45, 7) is 2.18. The Morgan fingerprint density at radius 3 is 2.69 bits per heavy atom. The lowest BCUT2D eigenvalue weighted by Crippen LogP contribution is -2.39. The molecule has 26 heavy (non-hydrogen) atoms. The summed E-state index contributed by atoms with van der Waals surface area (Å²) < 4.78 is 2.96. The van der Waals surface area contributed by atoms with Crippen molar-refractivity contribution >= 4 is 33.2 Å². The molecular formula is C19H20BrN5O. The van der Waals surface area contributed by atoms with E-state index in [0.717, 1.165) is 47.6 Å². The van der Waals surface area contributed by atoms with E-state index in [4.69, 9.17) is 0 Å². The van der Waals surface area contributed by atoms with Crippen LogP contribution in [0.4, 0.5) is 5.69 Å². The van der Waals surface area contributed by atoms with Gasteiger partial charge in [-0.3, -0.25) is 14.1 Å². The molecule has 1 fully saturated rings. The lowest BCUT2D eigenvalue weighted by Gasteiger charge is -2.30. The van der Waals surface area contributed by atoms with E-state index in [1.807, 2.05) is 48.7 Å². The van der Waals surface area contributed by atoms with Crippen LogP contribution in [0.2, 0.25) is 0 Å². The number of carbonyl (C=O) groups is 1. The SMILES string of the molecule is O=C(CN1CCC(c2nnc3ccccn23)CC1)Nc1ccccc1Br. The number of carbonyl (C=O) groups excluding carboxylic acids is 1. The molecule has 1 aromatic carbocycles. The average molecular weight is 414 g/mol. The summed E-state index contributed by atoms with van der Waals surface area (Å²) >= 11 is 3.46. The molecule has 0 saturated carbocycles. The number of nitrogens with one attached hydrogen (secondary N) is 1. The maximum atomic E-state index is 12.3. The number of aromatic nitrogens is 3. The molecule has 2 aromatic heterocycles. The predicted octanol–water partition coefficient (Wildman–Crippen LogP) is 3.31. The van der Waals surface area contributed by atoms with E-state index in [9.17, 15) is 4.79 Å². The summed E-state index contributed by atoms with van der Waals surface area (Å²) in [6, 6.07) is 13.6. The number of likely N-dealkylation sites (tertiary alicyclic amines) is 1. The first-order valence-electron chi connectivity index (χ1n) is 8.77. The van der Waals surface area contributed by atoms with Crippen molar-refractivity contribution in [3.8, 4) is 0 Å². The van der Waals surface area contributed by atoms with Crippen LogP contribution in [0, 0.1) is 0 Å². The zero-order valence-corrected chi connectivity index (χ0v) is 15.9. The molecule has 0 atom stereocenters. The summed E-state index contributed by atoms with van der Waals surface area (Å²) in [5.41, 5.74) is 1.69. The van der Waals surface area contributed by atoms with Crippen molar-refractivity contribution in [1.82, 2.24) is 19.5 Å². The molecular weight excluding hydrogens is 394 g/mol. The fraction of sp³-hybridized carbons (Fsp3) is 0.316. The highest BCUT2D eigenvalue weighted by Crippen LogP contribution is 2.27. The van der Waals surface area contributed by atoms with Crippen LogP contribution in [-0.4, -0.2) is 45.0 Å². The van der Waals surface area contributed by atoms with E-state index in [1.54, 1.807) is 0 Å². The van der Waals surface area contributed by atoms with Gasteiger partial charge in [0.1, 0.15) is 5.82 Å². The highest BCUT2D eigenvalue weighted by Gasteiger charge is 2.25. The van der Waals surface area contributed by atoms with Crippen LogP contribution in [0.1, 0.15) is 24.6 Å². The van der Waals surface area contributed by atoms with Crippen LogP contribution in [0.25, 0.3) is 5.65 Å². The lowest BCUT2D eigenvalue weighted by molar-refractivity contribution is -0.117. The van der Waals surface area contributed by atoms with Gasteiger partial charge >= 0.3 is 0 Å². The maximum Gasteiger partial charge on any atom is 0.238 e. The maximum absolute atomic E-state index is 12.3. The zero-order valence-electron chi connectivity index (χ0n) is 14.3. The number of piperidine rings is 1. The summed E-state index contributed by atoms with van der Waals surface area (Å²) in [5.74, 6) is 1.43. The van der Waals surface area contributed by atoms with Crippen LogP contribution in [0.15, 0.2) is 53.1 Å². The van der Waals surface area contributed by atoms with E-state index in [1.165, 1.54) is 0 Å². The third-order valence-electron chi connectivity index (χ3n) is 4.81. The largest absolute Gasteiger partial charge is 0.324 e. The second-order valence-electron chi connectivity index (χ2n) is 6.57. The topological polar surface area (TPSA) is 62.5 Å². The molecule has 3 aromatic rings. The standard InChI is InChI=1S/C19H20BrN5O/c20-15-5-1-2-6-16(15)21-18(26)13-24-11-8-14(9-12-24)19-23-22-17-7-3-4-10-25(17)19/h1-7,10,14H,8-9,11-13H2,(H,21,26). The van der Waals surface area contributed by atoms with Crippen molar-refractivity contribution in [2.24, 2.45) is 0 Å². The molecule has 3 heterocycles. The molecule has 7 heteroatoms. The van der Waals surface area contributed by atoms with E-state index >= 15 is 0 Å². The zero-order chi connectivity index (χ0) is 17.9. The van der Waals surface area contributed by atoms with E-state index < -0.39 is 0 Å². The second kappa shape index (κ2) is 7.55. The summed E-state index contributed by atoms with van der Waals surface area (Å²) in [5, 5.41) is 11.6. The normalized spacial score (nSPS) is 16.0. The first kappa shape index (κ1) is 17.2. The van der Waals surface area contributed by atoms with Crippen molar-refractivity contribution in [3.05, 3.63) is 59.0 Å². The number of hydrogen-bond acceptors (Lipinski definition) is 4. The number of anilines is 1. The van der Waals surface area contributed by atoms with Gasteiger partial charge in [-0.25, -0.2) is 0 Å². The number of para-hydroxylation sites is 1. The minimum atomic E-state index is 0.0169. The van der Waals surface area contributed by atoms with Crippen LogP contribution >= 0.6 is 15.9 Å². The fourth-order valence-electron chi connectivity index (χ4n) is 3.44. The third kappa shape index (κ3) is 3.64. The number of amides is 1. The van der Waals surface area contributed by atoms with E-state index in [-0.39, 0.29) is 5.91 Å². The molecule has 0 unspecified atom stereocenters. The molecule has 1 amide bonds. The van der Waals surface area contributed by atoms with Gasteiger partial charge in [0.2, 0.25) is 5.91 Å². The van der Waals surface area contributed by atoms with Crippen molar-refractivity contribution in [2.75, 3.05) is 25.0 Å². The number of pyridine rings is 1. The Hall–Kier alpha value is -2.25. The number of rotatable bonds is 4. The number of fused-ring (bicyclic) bond motifs is 1.